The van der Waals surface area contributed by atoms with Crippen LogP contribution in [0.1, 0.15) is 57.8 Å². The first kappa shape index (κ1) is 28.1. The molecule has 206 valence electrons. The Hall–Kier alpha value is -2.88. The number of aliphatic hydroxyl groups is 3. The quantitative estimate of drug-likeness (QED) is 0.394. The minimum Gasteiger partial charge on any atom is -0.459 e. The summed E-state index contributed by atoms with van der Waals surface area (Å²) < 4.78 is 11.1. The largest absolute Gasteiger partial charge is 0.459 e. The van der Waals surface area contributed by atoms with Crippen LogP contribution >= 0.6 is 0 Å². The second-order valence-electron chi connectivity index (χ2n) is 12.1. The van der Waals surface area contributed by atoms with Gasteiger partial charge in [0.1, 0.15) is 18.0 Å². The van der Waals surface area contributed by atoms with Crippen LogP contribution in [-0.2, 0) is 23.9 Å². The van der Waals surface area contributed by atoms with Gasteiger partial charge in [0.05, 0.1) is 23.0 Å². The predicted molar refractivity (Wildman–Crippen MR) is 135 cm³/mol. The average molecular weight is 529 g/mol. The van der Waals surface area contributed by atoms with Crippen LogP contribution in [-0.4, -0.2) is 68.8 Å². The molecule has 0 saturated heterocycles. The Bertz CT molecular complexity index is 1180. The Labute approximate surface area is 221 Å². The first-order chi connectivity index (χ1) is 17.6. The van der Waals surface area contributed by atoms with Gasteiger partial charge < -0.3 is 24.8 Å². The number of rotatable bonds is 4. The summed E-state index contributed by atoms with van der Waals surface area (Å²) in [6, 6.07) is 8.07. The molecule has 3 fully saturated rings. The van der Waals surface area contributed by atoms with Gasteiger partial charge in [0.15, 0.2) is 17.5 Å². The van der Waals surface area contributed by atoms with E-state index in [1.165, 1.54) is 25.1 Å². The fourth-order valence-electron chi connectivity index (χ4n) is 7.42. The molecule has 9 heteroatoms. The van der Waals surface area contributed by atoms with E-state index in [2.05, 4.69) is 6.58 Å². The molecule has 0 heterocycles. The van der Waals surface area contributed by atoms with Crippen LogP contribution in [0.3, 0.4) is 0 Å². The van der Waals surface area contributed by atoms with Crippen molar-refractivity contribution in [2.24, 2.45) is 28.1 Å². The highest BCUT2D eigenvalue weighted by atomic mass is 16.6. The molecule has 1 aromatic rings. The first-order valence-electron chi connectivity index (χ1n) is 12.8. The van der Waals surface area contributed by atoms with Crippen LogP contribution in [0.5, 0.6) is 0 Å². The molecule has 0 unspecified atom stereocenters. The third kappa shape index (κ3) is 3.78. The SMILES string of the molecule is C=C[C@]1(C)CC(=O)[C@H]2[C@@](O)(C1=O)[C@@H](OC(C)=O)C[C@H]1C(C)(C)[C@@H](O)[C@H](OC(=O)c3ccccc3)[C@H](O)[C@@]12C. The summed E-state index contributed by atoms with van der Waals surface area (Å²) in [4.78, 5) is 52.8. The second kappa shape index (κ2) is 9.10. The van der Waals surface area contributed by atoms with Gasteiger partial charge in [-0.3, -0.25) is 14.4 Å². The van der Waals surface area contributed by atoms with E-state index in [-0.39, 0.29) is 18.4 Å². The van der Waals surface area contributed by atoms with Crippen molar-refractivity contribution in [3.63, 3.8) is 0 Å². The molecule has 4 rings (SSSR count). The number of fused-ring (bicyclic) bond motifs is 3. The molecule has 1 aromatic carbocycles. The molecule has 3 saturated carbocycles. The summed E-state index contributed by atoms with van der Waals surface area (Å²) in [6.45, 7) is 11.3. The topological polar surface area (TPSA) is 147 Å². The van der Waals surface area contributed by atoms with E-state index in [0.717, 1.165) is 6.92 Å². The summed E-state index contributed by atoms with van der Waals surface area (Å²) >= 11 is 0. The molecule has 0 aromatic heterocycles. The number of Topliss-reactive ketones (excluding diaryl/α,β-unsaturated/α-hetero) is 2. The Morgan fingerprint density at radius 2 is 1.63 bits per heavy atom. The number of ketones is 2. The molecular weight excluding hydrogens is 492 g/mol. The number of hydrogen-bond donors (Lipinski definition) is 3. The van der Waals surface area contributed by atoms with E-state index in [4.69, 9.17) is 9.47 Å². The number of carbonyl (C=O) groups excluding carboxylic acids is 4. The molecule has 0 aliphatic heterocycles. The number of benzene rings is 1. The Morgan fingerprint density at radius 3 is 2.18 bits per heavy atom. The summed E-state index contributed by atoms with van der Waals surface area (Å²) in [7, 11) is 0. The van der Waals surface area contributed by atoms with Crippen molar-refractivity contribution in [1.29, 1.82) is 0 Å². The van der Waals surface area contributed by atoms with Gasteiger partial charge in [-0.1, -0.05) is 45.0 Å². The number of aliphatic hydroxyl groups excluding tert-OH is 2. The van der Waals surface area contributed by atoms with Crippen LogP contribution in [0, 0.1) is 28.1 Å². The highest BCUT2D eigenvalue weighted by Crippen LogP contribution is 2.65. The number of hydrogen-bond acceptors (Lipinski definition) is 9. The van der Waals surface area contributed by atoms with Gasteiger partial charge in [-0.05, 0) is 36.8 Å². The van der Waals surface area contributed by atoms with Gasteiger partial charge in [-0.2, -0.15) is 0 Å². The first-order valence-corrected chi connectivity index (χ1v) is 12.8. The van der Waals surface area contributed by atoms with Gasteiger partial charge >= 0.3 is 11.9 Å². The van der Waals surface area contributed by atoms with Gasteiger partial charge in [-0.25, -0.2) is 4.79 Å². The third-order valence-electron chi connectivity index (χ3n) is 9.43. The summed E-state index contributed by atoms with van der Waals surface area (Å²) in [6.07, 6.45) is -4.97. The number of carbonyl (C=O) groups is 4. The Balaban J connectivity index is 1.87. The van der Waals surface area contributed by atoms with Crippen molar-refractivity contribution in [3.05, 3.63) is 48.6 Å². The molecule has 0 bridgehead atoms. The van der Waals surface area contributed by atoms with Crippen LogP contribution in [0.15, 0.2) is 43.0 Å². The molecule has 9 atom stereocenters. The minimum absolute atomic E-state index is 0.115. The minimum atomic E-state index is -2.47. The molecule has 9 nitrogen and oxygen atoms in total. The number of allylic oxidation sites excluding steroid dienone is 1. The Morgan fingerprint density at radius 1 is 1.03 bits per heavy atom. The third-order valence-corrected chi connectivity index (χ3v) is 9.43. The zero-order valence-electron chi connectivity index (χ0n) is 22.3. The highest BCUT2D eigenvalue weighted by molar-refractivity contribution is 6.06. The van der Waals surface area contributed by atoms with Crippen LogP contribution in [0.2, 0.25) is 0 Å². The lowest BCUT2D eigenvalue weighted by molar-refractivity contribution is -0.291. The van der Waals surface area contributed by atoms with Crippen molar-refractivity contribution in [2.45, 2.75) is 77.5 Å². The normalized spacial score (nSPS) is 41.9. The number of esters is 2. The lowest BCUT2D eigenvalue weighted by atomic mass is 9.39. The zero-order valence-corrected chi connectivity index (χ0v) is 22.3. The maximum atomic E-state index is 13.9. The monoisotopic (exact) mass is 528 g/mol. The molecule has 0 radical (unpaired) electrons. The fourth-order valence-corrected chi connectivity index (χ4v) is 7.42. The number of ether oxygens (including phenoxy) is 2. The maximum Gasteiger partial charge on any atom is 0.338 e. The van der Waals surface area contributed by atoms with E-state index < -0.39 is 81.6 Å². The summed E-state index contributed by atoms with van der Waals surface area (Å²) in [5.41, 5.74) is -6.32. The molecule has 0 spiro atoms. The van der Waals surface area contributed by atoms with E-state index in [9.17, 15) is 34.5 Å². The fraction of sp³-hybridized carbons (Fsp3) is 0.586. The molecule has 3 aliphatic rings. The van der Waals surface area contributed by atoms with E-state index in [0.29, 0.717) is 0 Å². The lowest BCUT2D eigenvalue weighted by Gasteiger charge is -2.67. The van der Waals surface area contributed by atoms with E-state index >= 15 is 0 Å². The highest BCUT2D eigenvalue weighted by Gasteiger charge is 2.77. The molecule has 3 N–H and O–H groups in total. The molecular formula is C29H36O9. The van der Waals surface area contributed by atoms with Gasteiger partial charge in [-0.15, -0.1) is 6.58 Å². The zero-order chi connectivity index (χ0) is 28.4. The van der Waals surface area contributed by atoms with Crippen molar-refractivity contribution >= 4 is 23.5 Å². The van der Waals surface area contributed by atoms with Crippen molar-refractivity contribution < 1.29 is 44.0 Å². The van der Waals surface area contributed by atoms with Gasteiger partial charge in [0.2, 0.25) is 0 Å². The molecule has 38 heavy (non-hydrogen) atoms. The average Bonchev–Trinajstić information content (AvgIpc) is 2.86. The van der Waals surface area contributed by atoms with Crippen molar-refractivity contribution in [3.8, 4) is 0 Å². The van der Waals surface area contributed by atoms with Crippen molar-refractivity contribution in [1.82, 2.24) is 0 Å². The predicted octanol–water partition coefficient (Wildman–Crippen LogP) is 2.01. The standard InChI is InChI=1S/C29H36O9/c1-7-27(5)14-17(31)21-28(6)18(13-19(37-15(2)30)29(21,36)25(27)35)26(3,4)22(32)20(23(28)33)38-24(34)16-11-9-8-10-12-16/h7-12,18-23,32-33,36H,1,13-14H2,2-6H3/t18-,19-,20-,21+,22-,23-,27+,28-,29+/m0/s1. The van der Waals surface area contributed by atoms with Crippen LogP contribution < -0.4 is 0 Å². The van der Waals surface area contributed by atoms with Gasteiger partial charge in [0.25, 0.3) is 0 Å². The Kier molecular flexibility index (Phi) is 6.74. The lowest BCUT2D eigenvalue weighted by Crippen LogP contribution is -2.79. The van der Waals surface area contributed by atoms with E-state index in [1.807, 2.05) is 0 Å². The second-order valence-corrected chi connectivity index (χ2v) is 12.1. The van der Waals surface area contributed by atoms with Crippen molar-refractivity contribution in [2.75, 3.05) is 0 Å². The van der Waals surface area contributed by atoms with Crippen LogP contribution in [0.4, 0.5) is 0 Å². The summed E-state index contributed by atoms with van der Waals surface area (Å²) in [5.74, 6) is -4.99. The van der Waals surface area contributed by atoms with Crippen LogP contribution in [0.25, 0.3) is 0 Å². The van der Waals surface area contributed by atoms with E-state index in [1.54, 1.807) is 39.0 Å². The molecule has 0 amide bonds. The summed E-state index contributed by atoms with van der Waals surface area (Å²) in [5, 5.41) is 35.3. The smallest absolute Gasteiger partial charge is 0.338 e. The maximum absolute atomic E-state index is 13.9. The van der Waals surface area contributed by atoms with Gasteiger partial charge in [0, 0.05) is 18.8 Å². The molecule has 3 aliphatic carbocycles.